The Morgan fingerprint density at radius 3 is 3.14 bits per heavy atom. The predicted octanol–water partition coefficient (Wildman–Crippen LogP) is 2.96. The minimum absolute atomic E-state index is 0.00692. The van der Waals surface area contributed by atoms with E-state index in [-0.39, 0.29) is 11.9 Å². The van der Waals surface area contributed by atoms with Gasteiger partial charge in [-0.1, -0.05) is 0 Å². The Balaban J connectivity index is 1.63. The number of rotatable bonds is 6. The van der Waals surface area contributed by atoms with Gasteiger partial charge in [0.1, 0.15) is 0 Å². The fraction of sp³-hybridized carbons (Fsp3) is 0.125. The molecule has 112 valence electrons. The first-order chi connectivity index (χ1) is 10.8. The van der Waals surface area contributed by atoms with Crippen molar-refractivity contribution in [2.75, 3.05) is 6.54 Å². The third-order valence-electron chi connectivity index (χ3n) is 3.21. The molecule has 3 aromatic rings. The summed E-state index contributed by atoms with van der Waals surface area (Å²) in [6.45, 7) is 0.479. The highest BCUT2D eigenvalue weighted by Crippen LogP contribution is 2.19. The Morgan fingerprint density at radius 2 is 2.45 bits per heavy atom. The molecule has 3 heterocycles. The van der Waals surface area contributed by atoms with Gasteiger partial charge in [-0.15, -0.1) is 0 Å². The largest absolute Gasteiger partial charge is 0.472 e. The van der Waals surface area contributed by atoms with Crippen molar-refractivity contribution >= 4 is 23.3 Å². The Morgan fingerprint density at radius 1 is 1.50 bits per heavy atom. The predicted molar refractivity (Wildman–Crippen MR) is 85.4 cm³/mol. The van der Waals surface area contributed by atoms with E-state index in [0.29, 0.717) is 6.54 Å². The highest BCUT2D eigenvalue weighted by molar-refractivity contribution is 7.07. The fourth-order valence-electron chi connectivity index (χ4n) is 2.09. The van der Waals surface area contributed by atoms with Crippen LogP contribution in [0.25, 0.3) is 6.08 Å². The van der Waals surface area contributed by atoms with Crippen molar-refractivity contribution in [1.29, 1.82) is 0 Å². The minimum atomic E-state index is -0.145. The van der Waals surface area contributed by atoms with Crippen LogP contribution in [0.5, 0.6) is 0 Å². The van der Waals surface area contributed by atoms with Crippen LogP contribution in [0.3, 0.4) is 0 Å². The average molecular weight is 313 g/mol. The molecule has 0 aliphatic rings. The molecule has 3 rings (SSSR count). The van der Waals surface area contributed by atoms with Crippen LogP contribution in [0.2, 0.25) is 0 Å². The summed E-state index contributed by atoms with van der Waals surface area (Å²) in [4.78, 5) is 11.9. The number of furan rings is 1. The van der Waals surface area contributed by atoms with Crippen LogP contribution in [-0.4, -0.2) is 22.2 Å². The first-order valence-electron chi connectivity index (χ1n) is 6.82. The highest BCUT2D eigenvalue weighted by atomic mass is 32.1. The quantitative estimate of drug-likeness (QED) is 0.712. The van der Waals surface area contributed by atoms with E-state index >= 15 is 0 Å². The Hall–Kier alpha value is -2.60. The zero-order valence-corrected chi connectivity index (χ0v) is 12.6. The maximum atomic E-state index is 11.9. The van der Waals surface area contributed by atoms with E-state index < -0.39 is 0 Å². The molecule has 3 aromatic heterocycles. The standard InChI is InChI=1S/C16H15N3O2S/c20-16(3-2-13-4-8-21-11-13)17-10-15(14-5-9-22-12-14)19-7-1-6-18-19/h1-9,11-12,15H,10H2,(H,17,20)/b3-2+/t15-/m0/s1. The van der Waals surface area contributed by atoms with Gasteiger partial charge < -0.3 is 9.73 Å². The Kier molecular flexibility index (Phi) is 4.50. The normalized spacial score (nSPS) is 12.5. The Bertz CT molecular complexity index is 681. The number of thiophene rings is 1. The van der Waals surface area contributed by atoms with Crippen molar-refractivity contribution in [3.63, 3.8) is 0 Å². The first kappa shape index (κ1) is 14.3. The third kappa shape index (κ3) is 3.53. The lowest BCUT2D eigenvalue weighted by atomic mass is 10.1. The van der Waals surface area contributed by atoms with E-state index in [9.17, 15) is 4.79 Å². The maximum Gasteiger partial charge on any atom is 0.244 e. The zero-order valence-electron chi connectivity index (χ0n) is 11.8. The summed E-state index contributed by atoms with van der Waals surface area (Å²) >= 11 is 1.63. The zero-order chi connectivity index (χ0) is 15.2. The van der Waals surface area contributed by atoms with Crippen molar-refractivity contribution < 1.29 is 9.21 Å². The van der Waals surface area contributed by atoms with Crippen LogP contribution in [-0.2, 0) is 4.79 Å². The van der Waals surface area contributed by atoms with Crippen LogP contribution in [0, 0.1) is 0 Å². The van der Waals surface area contributed by atoms with Gasteiger partial charge in [0.2, 0.25) is 5.91 Å². The first-order valence-corrected chi connectivity index (χ1v) is 7.76. The molecule has 0 aliphatic carbocycles. The summed E-state index contributed by atoms with van der Waals surface area (Å²) in [7, 11) is 0. The van der Waals surface area contributed by atoms with Crippen LogP contribution in [0.1, 0.15) is 17.2 Å². The Labute approximate surface area is 131 Å². The smallest absolute Gasteiger partial charge is 0.244 e. The van der Waals surface area contributed by atoms with Crippen molar-refractivity contribution in [3.8, 4) is 0 Å². The molecule has 5 nitrogen and oxygen atoms in total. The molecule has 0 saturated carbocycles. The van der Waals surface area contributed by atoms with E-state index in [1.807, 2.05) is 28.4 Å². The number of aromatic nitrogens is 2. The lowest BCUT2D eigenvalue weighted by Crippen LogP contribution is -2.30. The highest BCUT2D eigenvalue weighted by Gasteiger charge is 2.15. The van der Waals surface area contributed by atoms with Crippen molar-refractivity contribution in [3.05, 3.63) is 71.1 Å². The SMILES string of the molecule is O=C(/C=C/c1ccoc1)NC[C@@H](c1ccsc1)n1cccn1. The van der Waals surface area contributed by atoms with E-state index in [1.165, 1.54) is 6.08 Å². The lowest BCUT2D eigenvalue weighted by Gasteiger charge is -2.16. The van der Waals surface area contributed by atoms with Gasteiger partial charge >= 0.3 is 0 Å². The van der Waals surface area contributed by atoms with Crippen LogP contribution in [0.15, 0.2) is 64.4 Å². The molecular formula is C16H15N3O2S. The number of amides is 1. The van der Waals surface area contributed by atoms with Crippen molar-refractivity contribution in [2.24, 2.45) is 0 Å². The molecule has 6 heteroatoms. The van der Waals surface area contributed by atoms with Gasteiger partial charge in [-0.05, 0) is 40.6 Å². The molecule has 0 radical (unpaired) electrons. The number of carbonyl (C=O) groups is 1. The second-order valence-corrected chi connectivity index (χ2v) is 5.47. The number of nitrogens with zero attached hydrogens (tertiary/aromatic N) is 2. The van der Waals surface area contributed by atoms with Gasteiger partial charge in [-0.25, -0.2) is 0 Å². The maximum absolute atomic E-state index is 11.9. The second-order valence-electron chi connectivity index (χ2n) is 4.69. The van der Waals surface area contributed by atoms with Crippen LogP contribution >= 0.6 is 11.3 Å². The molecule has 0 saturated heterocycles. The van der Waals surface area contributed by atoms with Crippen molar-refractivity contribution in [1.82, 2.24) is 15.1 Å². The number of hydrogen-bond donors (Lipinski definition) is 1. The van der Waals surface area contributed by atoms with Gasteiger partial charge in [0.05, 0.1) is 18.6 Å². The molecule has 0 spiro atoms. The molecule has 0 aliphatic heterocycles. The molecule has 1 amide bonds. The molecule has 0 bridgehead atoms. The van der Waals surface area contributed by atoms with Crippen LogP contribution < -0.4 is 5.32 Å². The molecule has 1 N–H and O–H groups in total. The van der Waals surface area contributed by atoms with Crippen LogP contribution in [0.4, 0.5) is 0 Å². The topological polar surface area (TPSA) is 60.1 Å². The van der Waals surface area contributed by atoms with Gasteiger partial charge in [-0.2, -0.15) is 16.4 Å². The lowest BCUT2D eigenvalue weighted by molar-refractivity contribution is -0.116. The average Bonchev–Trinajstić information content (AvgIpc) is 3.27. The summed E-state index contributed by atoms with van der Waals surface area (Å²) in [6.07, 6.45) is 10.0. The molecule has 1 atom stereocenters. The molecule has 0 unspecified atom stereocenters. The van der Waals surface area contributed by atoms with Crippen molar-refractivity contribution in [2.45, 2.75) is 6.04 Å². The van der Waals surface area contributed by atoms with Gasteiger partial charge in [0.15, 0.2) is 0 Å². The summed E-state index contributed by atoms with van der Waals surface area (Å²) in [5.74, 6) is -0.145. The van der Waals surface area contributed by atoms with E-state index in [0.717, 1.165) is 11.1 Å². The van der Waals surface area contributed by atoms with E-state index in [1.54, 1.807) is 42.2 Å². The monoisotopic (exact) mass is 313 g/mol. The second kappa shape index (κ2) is 6.91. The van der Waals surface area contributed by atoms with Gasteiger partial charge in [0, 0.05) is 30.6 Å². The van der Waals surface area contributed by atoms with E-state index in [4.69, 9.17) is 4.42 Å². The summed E-state index contributed by atoms with van der Waals surface area (Å²) in [5, 5.41) is 11.3. The molecular weight excluding hydrogens is 298 g/mol. The summed E-state index contributed by atoms with van der Waals surface area (Å²) in [6, 6.07) is 5.71. The minimum Gasteiger partial charge on any atom is -0.472 e. The summed E-state index contributed by atoms with van der Waals surface area (Å²) < 4.78 is 6.80. The van der Waals surface area contributed by atoms with Gasteiger partial charge in [-0.3, -0.25) is 9.48 Å². The number of nitrogens with one attached hydrogen (secondary N) is 1. The number of carbonyl (C=O) groups excluding carboxylic acids is 1. The fourth-order valence-corrected chi connectivity index (χ4v) is 2.80. The number of hydrogen-bond acceptors (Lipinski definition) is 4. The van der Waals surface area contributed by atoms with Gasteiger partial charge in [0.25, 0.3) is 0 Å². The third-order valence-corrected chi connectivity index (χ3v) is 3.91. The summed E-state index contributed by atoms with van der Waals surface area (Å²) in [5.41, 5.74) is 1.99. The van der Waals surface area contributed by atoms with E-state index in [2.05, 4.69) is 15.8 Å². The molecule has 0 fully saturated rings. The molecule has 22 heavy (non-hydrogen) atoms. The molecule has 0 aromatic carbocycles.